The molecule has 0 amide bonds. The van der Waals surface area contributed by atoms with Gasteiger partial charge in [-0.25, -0.2) is 4.39 Å². The van der Waals surface area contributed by atoms with E-state index < -0.39 is 0 Å². The minimum atomic E-state index is -0.194. The van der Waals surface area contributed by atoms with E-state index in [0.717, 1.165) is 16.2 Å². The maximum Gasteiger partial charge on any atom is 0.123 e. The van der Waals surface area contributed by atoms with Gasteiger partial charge in [0.25, 0.3) is 0 Å². The summed E-state index contributed by atoms with van der Waals surface area (Å²) in [7, 11) is 0. The lowest BCUT2D eigenvalue weighted by atomic mass is 10.1. The lowest BCUT2D eigenvalue weighted by Gasteiger charge is -2.12. The van der Waals surface area contributed by atoms with Gasteiger partial charge >= 0.3 is 0 Å². The number of halogens is 1. The van der Waals surface area contributed by atoms with Crippen molar-refractivity contribution in [3.8, 4) is 0 Å². The third-order valence-corrected chi connectivity index (χ3v) is 4.23. The Kier molecular flexibility index (Phi) is 5.21. The predicted molar refractivity (Wildman–Crippen MR) is 84.5 cm³/mol. The van der Waals surface area contributed by atoms with E-state index in [1.165, 1.54) is 17.2 Å². The van der Waals surface area contributed by atoms with Crippen LogP contribution in [0, 0.1) is 12.7 Å². The van der Waals surface area contributed by atoms with Crippen LogP contribution in [0.25, 0.3) is 0 Å². The molecule has 1 unspecified atom stereocenters. The van der Waals surface area contributed by atoms with E-state index >= 15 is 0 Å². The van der Waals surface area contributed by atoms with Gasteiger partial charge in [0.15, 0.2) is 0 Å². The minimum Gasteiger partial charge on any atom is -0.328 e. The summed E-state index contributed by atoms with van der Waals surface area (Å²) in [5, 5.41) is 0. The second-order valence-electron chi connectivity index (χ2n) is 5.21. The number of rotatable bonds is 5. The molecule has 0 aromatic heterocycles. The Morgan fingerprint density at radius 1 is 1.20 bits per heavy atom. The predicted octanol–water partition coefficient (Wildman–Crippen LogP) is 4.32. The number of thioether (sulfide) groups is 1. The number of benzene rings is 2. The van der Waals surface area contributed by atoms with Crippen molar-refractivity contribution < 1.29 is 4.39 Å². The van der Waals surface area contributed by atoms with Crippen molar-refractivity contribution in [2.45, 2.75) is 37.0 Å². The molecule has 0 saturated heterocycles. The highest BCUT2D eigenvalue weighted by atomic mass is 32.2. The fourth-order valence-corrected chi connectivity index (χ4v) is 3.15. The molecule has 3 heteroatoms. The van der Waals surface area contributed by atoms with Gasteiger partial charge in [-0.2, -0.15) is 0 Å². The lowest BCUT2D eigenvalue weighted by Crippen LogP contribution is -2.18. The van der Waals surface area contributed by atoms with E-state index in [1.807, 2.05) is 13.0 Å². The highest BCUT2D eigenvalue weighted by Crippen LogP contribution is 2.28. The summed E-state index contributed by atoms with van der Waals surface area (Å²) in [5.74, 6) is 0.694. The van der Waals surface area contributed by atoms with Crippen LogP contribution in [0.5, 0.6) is 0 Å². The fourth-order valence-electron chi connectivity index (χ4n) is 2.16. The summed E-state index contributed by atoms with van der Waals surface area (Å²) >= 11 is 1.74. The molecule has 2 rings (SSSR count). The van der Waals surface area contributed by atoms with E-state index in [4.69, 9.17) is 5.73 Å². The molecule has 20 heavy (non-hydrogen) atoms. The molecule has 0 fully saturated rings. The molecule has 0 spiro atoms. The standard InChI is InChI=1S/C17H20FNS/c1-12-4-3-5-14(8-12)11-20-17-7-6-16(18)10-15(17)9-13(2)19/h3-8,10,13H,9,11,19H2,1-2H3. The zero-order chi connectivity index (χ0) is 14.5. The van der Waals surface area contributed by atoms with E-state index in [1.54, 1.807) is 17.8 Å². The Morgan fingerprint density at radius 2 is 2.00 bits per heavy atom. The number of hydrogen-bond donors (Lipinski definition) is 1. The molecule has 0 aliphatic carbocycles. The van der Waals surface area contributed by atoms with Gasteiger partial charge in [-0.1, -0.05) is 29.8 Å². The molecule has 2 N–H and O–H groups in total. The maximum absolute atomic E-state index is 13.4. The molecule has 0 aliphatic rings. The summed E-state index contributed by atoms with van der Waals surface area (Å²) in [5.41, 5.74) is 9.38. The van der Waals surface area contributed by atoms with Crippen LogP contribution in [0.4, 0.5) is 4.39 Å². The van der Waals surface area contributed by atoms with Crippen molar-refractivity contribution >= 4 is 11.8 Å². The smallest absolute Gasteiger partial charge is 0.123 e. The van der Waals surface area contributed by atoms with Crippen molar-refractivity contribution in [1.29, 1.82) is 0 Å². The quantitative estimate of drug-likeness (QED) is 0.830. The molecule has 0 heterocycles. The van der Waals surface area contributed by atoms with Crippen LogP contribution in [0.15, 0.2) is 47.4 Å². The second kappa shape index (κ2) is 6.91. The molecule has 2 aromatic carbocycles. The molecule has 1 nitrogen and oxygen atoms in total. The van der Waals surface area contributed by atoms with E-state index in [2.05, 4.69) is 31.2 Å². The Hall–Kier alpha value is -1.32. The SMILES string of the molecule is Cc1cccc(CSc2ccc(F)cc2CC(C)N)c1. The molecular formula is C17H20FNS. The molecular weight excluding hydrogens is 269 g/mol. The summed E-state index contributed by atoms with van der Waals surface area (Å²) in [6.07, 6.45) is 0.702. The van der Waals surface area contributed by atoms with Gasteiger partial charge in [0.2, 0.25) is 0 Å². The van der Waals surface area contributed by atoms with E-state index in [-0.39, 0.29) is 11.9 Å². The van der Waals surface area contributed by atoms with Crippen LogP contribution in [0.2, 0.25) is 0 Å². The third-order valence-electron chi connectivity index (χ3n) is 3.04. The first kappa shape index (κ1) is 15.1. The zero-order valence-corrected chi connectivity index (χ0v) is 12.7. The van der Waals surface area contributed by atoms with Gasteiger partial charge in [-0.15, -0.1) is 11.8 Å². The molecule has 0 radical (unpaired) electrons. The Bertz CT molecular complexity index is 581. The van der Waals surface area contributed by atoms with Gasteiger partial charge in [0.05, 0.1) is 0 Å². The summed E-state index contributed by atoms with van der Waals surface area (Å²) < 4.78 is 13.4. The summed E-state index contributed by atoms with van der Waals surface area (Å²) in [6.45, 7) is 4.04. The van der Waals surface area contributed by atoms with Crippen molar-refractivity contribution in [1.82, 2.24) is 0 Å². The topological polar surface area (TPSA) is 26.0 Å². The average Bonchev–Trinajstić information content (AvgIpc) is 2.37. The van der Waals surface area contributed by atoms with E-state index in [9.17, 15) is 4.39 Å². The normalized spacial score (nSPS) is 12.4. The van der Waals surface area contributed by atoms with Crippen molar-refractivity contribution in [2.75, 3.05) is 0 Å². The summed E-state index contributed by atoms with van der Waals surface area (Å²) in [6, 6.07) is 13.5. The van der Waals surface area contributed by atoms with Crippen LogP contribution < -0.4 is 5.73 Å². The van der Waals surface area contributed by atoms with Crippen LogP contribution in [-0.4, -0.2) is 6.04 Å². The zero-order valence-electron chi connectivity index (χ0n) is 11.9. The Morgan fingerprint density at radius 3 is 2.70 bits per heavy atom. The van der Waals surface area contributed by atoms with Gasteiger partial charge in [0.1, 0.15) is 5.82 Å². The first-order valence-corrected chi connectivity index (χ1v) is 7.75. The number of nitrogens with two attached hydrogens (primary N) is 1. The molecule has 0 saturated carbocycles. The third kappa shape index (κ3) is 4.36. The first-order valence-electron chi connectivity index (χ1n) is 6.77. The molecule has 1 atom stereocenters. The highest BCUT2D eigenvalue weighted by molar-refractivity contribution is 7.98. The van der Waals surface area contributed by atoms with Gasteiger partial charge in [-0.05, 0) is 49.6 Å². The largest absolute Gasteiger partial charge is 0.328 e. The fraction of sp³-hybridized carbons (Fsp3) is 0.294. The van der Waals surface area contributed by atoms with Crippen LogP contribution in [-0.2, 0) is 12.2 Å². The lowest BCUT2D eigenvalue weighted by molar-refractivity contribution is 0.620. The molecule has 0 aliphatic heterocycles. The number of aryl methyl sites for hydroxylation is 1. The van der Waals surface area contributed by atoms with Gasteiger partial charge in [-0.3, -0.25) is 0 Å². The van der Waals surface area contributed by atoms with Crippen molar-refractivity contribution in [3.63, 3.8) is 0 Å². The average molecular weight is 289 g/mol. The molecule has 2 aromatic rings. The Labute approximate surface area is 124 Å². The highest BCUT2D eigenvalue weighted by Gasteiger charge is 2.07. The van der Waals surface area contributed by atoms with Crippen molar-refractivity contribution in [3.05, 3.63) is 65.0 Å². The number of hydrogen-bond acceptors (Lipinski definition) is 2. The monoisotopic (exact) mass is 289 g/mol. The van der Waals surface area contributed by atoms with E-state index in [0.29, 0.717) is 6.42 Å². The summed E-state index contributed by atoms with van der Waals surface area (Å²) in [4.78, 5) is 1.12. The van der Waals surface area contributed by atoms with Gasteiger partial charge in [0, 0.05) is 16.7 Å². The Balaban J connectivity index is 2.12. The van der Waals surface area contributed by atoms with Crippen LogP contribution in [0.1, 0.15) is 23.6 Å². The first-order chi connectivity index (χ1) is 9.54. The molecule has 106 valence electrons. The van der Waals surface area contributed by atoms with Gasteiger partial charge < -0.3 is 5.73 Å². The minimum absolute atomic E-state index is 0.0371. The maximum atomic E-state index is 13.4. The molecule has 0 bridgehead atoms. The van der Waals surface area contributed by atoms with Crippen molar-refractivity contribution in [2.24, 2.45) is 5.73 Å². The van der Waals surface area contributed by atoms with Crippen LogP contribution >= 0.6 is 11.8 Å². The van der Waals surface area contributed by atoms with Crippen LogP contribution in [0.3, 0.4) is 0 Å². The second-order valence-corrected chi connectivity index (χ2v) is 6.23.